The fourth-order valence-corrected chi connectivity index (χ4v) is 4.00. The predicted octanol–water partition coefficient (Wildman–Crippen LogP) is 1.96. The number of anilines is 3. The lowest BCUT2D eigenvalue weighted by Crippen LogP contribution is -2.21. The van der Waals surface area contributed by atoms with Crippen LogP contribution in [0.1, 0.15) is 6.42 Å². The summed E-state index contributed by atoms with van der Waals surface area (Å²) >= 11 is 0. The largest absolute Gasteiger partial charge is 0.366 e. The third kappa shape index (κ3) is 3.51. The molecule has 1 saturated heterocycles. The molecule has 1 aliphatic heterocycles. The van der Waals surface area contributed by atoms with Crippen molar-refractivity contribution in [3.05, 3.63) is 42.5 Å². The molecule has 0 bridgehead atoms. The Bertz CT molecular complexity index is 782. The lowest BCUT2D eigenvalue weighted by atomic mass is 10.2. The summed E-state index contributed by atoms with van der Waals surface area (Å²) in [5.41, 5.74) is 0.315. The summed E-state index contributed by atoms with van der Waals surface area (Å²) in [6.07, 6.45) is 1.90. The summed E-state index contributed by atoms with van der Waals surface area (Å²) in [6.45, 7) is 0. The van der Waals surface area contributed by atoms with Crippen molar-refractivity contribution < 1.29 is 12.8 Å². The van der Waals surface area contributed by atoms with Crippen molar-refractivity contribution in [1.29, 1.82) is 0 Å². The number of hydrogen-bond acceptors (Lipinski definition) is 6. The molecule has 2 aromatic rings. The standard InChI is InChI=1S/C14H15FN4O2S/c15-11-3-1-2-4-12(11)19-14-7-13(16-9-17-14)18-10-5-6-22(20,21)8-10/h1-4,7,9-10H,5-6,8H2,(H2,16,17,18,19). The Balaban J connectivity index is 1.72. The molecule has 22 heavy (non-hydrogen) atoms. The number of benzene rings is 1. The molecule has 116 valence electrons. The van der Waals surface area contributed by atoms with Crippen LogP contribution < -0.4 is 10.6 Å². The average Bonchev–Trinajstić information content (AvgIpc) is 2.81. The molecule has 2 heterocycles. The van der Waals surface area contributed by atoms with Crippen molar-refractivity contribution in [1.82, 2.24) is 9.97 Å². The Hall–Kier alpha value is -2.22. The van der Waals surface area contributed by atoms with Crippen molar-refractivity contribution in [2.45, 2.75) is 12.5 Å². The van der Waals surface area contributed by atoms with Crippen molar-refractivity contribution in [2.75, 3.05) is 22.1 Å². The van der Waals surface area contributed by atoms with E-state index in [-0.39, 0.29) is 23.4 Å². The van der Waals surface area contributed by atoms with Crippen LogP contribution in [0.25, 0.3) is 0 Å². The Labute approximate surface area is 127 Å². The average molecular weight is 322 g/mol. The number of sulfone groups is 1. The fourth-order valence-electron chi connectivity index (χ4n) is 2.32. The Morgan fingerprint density at radius 2 is 1.95 bits per heavy atom. The molecule has 0 radical (unpaired) electrons. The minimum absolute atomic E-state index is 0.104. The molecule has 3 rings (SSSR count). The highest BCUT2D eigenvalue weighted by atomic mass is 32.2. The van der Waals surface area contributed by atoms with Gasteiger partial charge in [0.15, 0.2) is 9.84 Å². The molecule has 2 N–H and O–H groups in total. The van der Waals surface area contributed by atoms with Gasteiger partial charge in [0.25, 0.3) is 0 Å². The smallest absolute Gasteiger partial charge is 0.152 e. The van der Waals surface area contributed by atoms with Crippen molar-refractivity contribution in [3.8, 4) is 0 Å². The molecule has 0 saturated carbocycles. The number of rotatable bonds is 4. The monoisotopic (exact) mass is 322 g/mol. The van der Waals surface area contributed by atoms with Crippen LogP contribution in [-0.2, 0) is 9.84 Å². The Morgan fingerprint density at radius 1 is 1.18 bits per heavy atom. The summed E-state index contributed by atoms with van der Waals surface area (Å²) in [7, 11) is -2.95. The zero-order valence-corrected chi connectivity index (χ0v) is 12.5. The number of aromatic nitrogens is 2. The van der Waals surface area contributed by atoms with Crippen molar-refractivity contribution in [2.24, 2.45) is 0 Å². The van der Waals surface area contributed by atoms with Gasteiger partial charge >= 0.3 is 0 Å². The second-order valence-corrected chi connectivity index (χ2v) is 7.37. The van der Waals surface area contributed by atoms with Gasteiger partial charge in [0.05, 0.1) is 17.2 Å². The first-order valence-electron chi connectivity index (χ1n) is 6.82. The molecule has 0 amide bonds. The molecular weight excluding hydrogens is 307 g/mol. The summed E-state index contributed by atoms with van der Waals surface area (Å²) in [5, 5.41) is 5.94. The summed E-state index contributed by atoms with van der Waals surface area (Å²) in [6, 6.07) is 7.75. The SMILES string of the molecule is O=S1(=O)CCC(Nc2cc(Nc3ccccc3F)ncn2)C1. The molecular formula is C14H15FN4O2S. The third-order valence-electron chi connectivity index (χ3n) is 3.39. The van der Waals surface area contributed by atoms with Crippen LogP contribution in [0.3, 0.4) is 0 Å². The van der Waals surface area contributed by atoms with E-state index in [1.54, 1.807) is 24.3 Å². The van der Waals surface area contributed by atoms with E-state index in [0.29, 0.717) is 23.7 Å². The zero-order chi connectivity index (χ0) is 15.6. The highest BCUT2D eigenvalue weighted by Crippen LogP contribution is 2.21. The van der Waals surface area contributed by atoms with Crippen molar-refractivity contribution in [3.63, 3.8) is 0 Å². The maximum Gasteiger partial charge on any atom is 0.152 e. The molecule has 1 fully saturated rings. The van der Waals surface area contributed by atoms with E-state index in [0.717, 1.165) is 0 Å². The summed E-state index contributed by atoms with van der Waals surface area (Å²) in [4.78, 5) is 8.10. The molecule has 6 nitrogen and oxygen atoms in total. The van der Waals surface area contributed by atoms with E-state index in [2.05, 4.69) is 20.6 Å². The first-order chi connectivity index (χ1) is 10.5. The van der Waals surface area contributed by atoms with E-state index >= 15 is 0 Å². The molecule has 8 heteroatoms. The van der Waals surface area contributed by atoms with Gasteiger partial charge in [-0.05, 0) is 18.6 Å². The number of nitrogens with one attached hydrogen (secondary N) is 2. The van der Waals surface area contributed by atoms with Crippen LogP contribution in [0.5, 0.6) is 0 Å². The van der Waals surface area contributed by atoms with E-state index < -0.39 is 9.84 Å². The summed E-state index contributed by atoms with van der Waals surface area (Å²) in [5.74, 6) is 0.861. The van der Waals surface area contributed by atoms with Crippen LogP contribution in [-0.4, -0.2) is 35.9 Å². The van der Waals surface area contributed by atoms with Gasteiger partial charge in [-0.15, -0.1) is 0 Å². The number of para-hydroxylation sites is 1. The minimum Gasteiger partial charge on any atom is -0.366 e. The molecule has 1 atom stereocenters. The third-order valence-corrected chi connectivity index (χ3v) is 5.16. The second kappa shape index (κ2) is 5.88. The van der Waals surface area contributed by atoms with E-state index in [1.807, 2.05) is 0 Å². The van der Waals surface area contributed by atoms with Gasteiger partial charge in [-0.1, -0.05) is 12.1 Å². The molecule has 1 aromatic carbocycles. The molecule has 0 aliphatic carbocycles. The lowest BCUT2D eigenvalue weighted by Gasteiger charge is -2.12. The van der Waals surface area contributed by atoms with Gasteiger partial charge in [-0.2, -0.15) is 0 Å². The maximum atomic E-state index is 13.6. The molecule has 0 spiro atoms. The van der Waals surface area contributed by atoms with Crippen LogP contribution in [0.2, 0.25) is 0 Å². The van der Waals surface area contributed by atoms with Crippen LogP contribution in [0, 0.1) is 5.82 Å². The normalized spacial score (nSPS) is 19.8. The zero-order valence-electron chi connectivity index (χ0n) is 11.7. The van der Waals surface area contributed by atoms with Crippen LogP contribution in [0.15, 0.2) is 36.7 Å². The first kappa shape index (κ1) is 14.7. The van der Waals surface area contributed by atoms with E-state index in [9.17, 15) is 12.8 Å². The number of halogens is 1. The molecule has 1 aliphatic rings. The number of hydrogen-bond donors (Lipinski definition) is 2. The number of nitrogens with zero attached hydrogens (tertiary/aromatic N) is 2. The van der Waals surface area contributed by atoms with Gasteiger partial charge in [0, 0.05) is 12.1 Å². The van der Waals surface area contributed by atoms with Crippen LogP contribution in [0.4, 0.5) is 21.7 Å². The lowest BCUT2D eigenvalue weighted by molar-refractivity contribution is 0.602. The van der Waals surface area contributed by atoms with Gasteiger partial charge in [-0.3, -0.25) is 0 Å². The second-order valence-electron chi connectivity index (χ2n) is 5.14. The maximum absolute atomic E-state index is 13.6. The minimum atomic E-state index is -2.95. The predicted molar refractivity (Wildman–Crippen MR) is 82.4 cm³/mol. The van der Waals surface area contributed by atoms with Gasteiger partial charge in [0.1, 0.15) is 23.8 Å². The Morgan fingerprint density at radius 3 is 2.68 bits per heavy atom. The van der Waals surface area contributed by atoms with Crippen LogP contribution >= 0.6 is 0 Å². The Kier molecular flexibility index (Phi) is 3.93. The highest BCUT2D eigenvalue weighted by Gasteiger charge is 2.27. The fraction of sp³-hybridized carbons (Fsp3) is 0.286. The highest BCUT2D eigenvalue weighted by molar-refractivity contribution is 7.91. The molecule has 1 aromatic heterocycles. The topological polar surface area (TPSA) is 84.0 Å². The quantitative estimate of drug-likeness (QED) is 0.895. The first-order valence-corrected chi connectivity index (χ1v) is 8.64. The van der Waals surface area contributed by atoms with E-state index in [1.165, 1.54) is 12.4 Å². The van der Waals surface area contributed by atoms with Gasteiger partial charge in [0.2, 0.25) is 0 Å². The van der Waals surface area contributed by atoms with E-state index in [4.69, 9.17) is 0 Å². The van der Waals surface area contributed by atoms with Gasteiger partial charge in [-0.25, -0.2) is 22.8 Å². The van der Waals surface area contributed by atoms with Gasteiger partial charge < -0.3 is 10.6 Å². The molecule has 1 unspecified atom stereocenters. The van der Waals surface area contributed by atoms with Crippen molar-refractivity contribution >= 4 is 27.2 Å². The summed E-state index contributed by atoms with van der Waals surface area (Å²) < 4.78 is 36.5.